The molecule has 0 radical (unpaired) electrons. The second-order valence-electron chi connectivity index (χ2n) is 7.98. The number of aromatic nitrogens is 4. The number of nitriles is 1. The van der Waals surface area contributed by atoms with Crippen LogP contribution in [0.4, 0.5) is 0 Å². The molecule has 4 heterocycles. The molecule has 0 aliphatic rings. The number of aromatic amines is 1. The first-order valence-corrected chi connectivity index (χ1v) is 10.8. The van der Waals surface area contributed by atoms with Crippen LogP contribution in [0.15, 0.2) is 69.0 Å². The first kappa shape index (κ1) is 19.8. The molecule has 0 saturated carbocycles. The zero-order valence-corrected chi connectivity index (χ0v) is 18.1. The van der Waals surface area contributed by atoms with E-state index < -0.39 is 16.7 Å². The van der Waals surface area contributed by atoms with Gasteiger partial charge in [-0.25, -0.2) is 9.78 Å². The molecule has 8 heteroatoms. The monoisotopic (exact) mass is 439 g/mol. The van der Waals surface area contributed by atoms with Crippen molar-refractivity contribution < 1.29 is 0 Å². The highest BCUT2D eigenvalue weighted by molar-refractivity contribution is 7.08. The highest BCUT2D eigenvalue weighted by Gasteiger charge is 2.20. The molecule has 1 N–H and O–H groups in total. The Morgan fingerprint density at radius 3 is 2.56 bits per heavy atom. The van der Waals surface area contributed by atoms with Crippen LogP contribution in [0.1, 0.15) is 19.4 Å². The van der Waals surface area contributed by atoms with Gasteiger partial charge in [0.05, 0.1) is 39.3 Å². The summed E-state index contributed by atoms with van der Waals surface area (Å²) < 4.78 is 1.44. The van der Waals surface area contributed by atoms with Crippen LogP contribution in [-0.2, 0) is 5.41 Å². The number of nitrogens with zero attached hydrogens (tertiary/aromatic N) is 4. The molecule has 7 nitrogen and oxygen atoms in total. The lowest BCUT2D eigenvalue weighted by atomic mass is 9.86. The van der Waals surface area contributed by atoms with Crippen molar-refractivity contribution in [1.29, 1.82) is 5.26 Å². The maximum atomic E-state index is 13.0. The number of benzene rings is 1. The summed E-state index contributed by atoms with van der Waals surface area (Å²) in [4.78, 5) is 37.1. The highest BCUT2D eigenvalue weighted by Crippen LogP contribution is 2.27. The Morgan fingerprint density at radius 2 is 1.88 bits per heavy atom. The van der Waals surface area contributed by atoms with E-state index in [9.17, 15) is 14.9 Å². The lowest BCUT2D eigenvalue weighted by Gasteiger charge is -2.17. The van der Waals surface area contributed by atoms with Crippen molar-refractivity contribution in [3.05, 3.63) is 85.8 Å². The van der Waals surface area contributed by atoms with E-state index in [4.69, 9.17) is 4.98 Å². The van der Waals surface area contributed by atoms with E-state index in [1.165, 1.54) is 10.8 Å². The lowest BCUT2D eigenvalue weighted by Crippen LogP contribution is -2.29. The number of pyridine rings is 2. The molecule has 32 heavy (non-hydrogen) atoms. The Morgan fingerprint density at radius 1 is 1.09 bits per heavy atom. The fraction of sp³-hybridized carbons (Fsp3) is 0.125. The number of H-pyrrole nitrogens is 1. The number of nitrogens with one attached hydrogen (secondary N) is 1. The van der Waals surface area contributed by atoms with Gasteiger partial charge in [0, 0.05) is 17.1 Å². The van der Waals surface area contributed by atoms with E-state index in [0.29, 0.717) is 22.2 Å². The summed E-state index contributed by atoms with van der Waals surface area (Å²) in [5, 5.41) is 13.6. The summed E-state index contributed by atoms with van der Waals surface area (Å²) in [6.45, 7) is 3.66. The van der Waals surface area contributed by atoms with Gasteiger partial charge in [-0.1, -0.05) is 12.1 Å². The molecule has 0 spiro atoms. The number of thiophene rings is 1. The summed E-state index contributed by atoms with van der Waals surface area (Å²) >= 11 is 1.56. The summed E-state index contributed by atoms with van der Waals surface area (Å²) in [6.07, 6.45) is 1.46. The molecule has 0 saturated heterocycles. The molecule has 0 atom stereocenters. The summed E-state index contributed by atoms with van der Waals surface area (Å²) in [5.74, 6) is 0. The smallest absolute Gasteiger partial charge is 0.273 e. The molecular formula is C24H17N5O2S. The van der Waals surface area contributed by atoms with Crippen LogP contribution in [-0.4, -0.2) is 19.5 Å². The van der Waals surface area contributed by atoms with Gasteiger partial charge >= 0.3 is 5.69 Å². The second kappa shape index (κ2) is 7.25. The van der Waals surface area contributed by atoms with Gasteiger partial charge in [-0.05, 0) is 55.1 Å². The Bertz CT molecular complexity index is 1640. The van der Waals surface area contributed by atoms with E-state index in [2.05, 4.69) is 16.0 Å². The molecule has 0 bridgehead atoms. The maximum absolute atomic E-state index is 13.0. The number of fused-ring (bicyclic) bond motifs is 3. The topological polar surface area (TPSA) is 104 Å². The number of hydrogen-bond donors (Lipinski definition) is 1. The van der Waals surface area contributed by atoms with E-state index in [1.807, 2.05) is 54.9 Å². The molecule has 0 unspecified atom stereocenters. The minimum Gasteiger partial charge on any atom is -0.273 e. The van der Waals surface area contributed by atoms with Crippen molar-refractivity contribution in [1.82, 2.24) is 19.5 Å². The van der Waals surface area contributed by atoms with Gasteiger partial charge in [0.25, 0.3) is 5.56 Å². The fourth-order valence-electron chi connectivity index (χ4n) is 3.68. The molecule has 5 rings (SSSR count). The van der Waals surface area contributed by atoms with Crippen molar-refractivity contribution in [2.24, 2.45) is 0 Å². The van der Waals surface area contributed by atoms with Crippen molar-refractivity contribution in [3.8, 4) is 23.0 Å². The molecular weight excluding hydrogens is 422 g/mol. The van der Waals surface area contributed by atoms with E-state index in [1.54, 1.807) is 23.5 Å². The first-order chi connectivity index (χ1) is 15.4. The Labute approximate surface area is 186 Å². The van der Waals surface area contributed by atoms with Crippen LogP contribution >= 0.6 is 11.3 Å². The van der Waals surface area contributed by atoms with Gasteiger partial charge in [-0.2, -0.15) is 16.6 Å². The molecule has 156 valence electrons. The van der Waals surface area contributed by atoms with Crippen molar-refractivity contribution in [2.75, 3.05) is 0 Å². The second-order valence-corrected chi connectivity index (χ2v) is 8.76. The largest absolute Gasteiger partial charge is 0.333 e. The van der Waals surface area contributed by atoms with E-state index >= 15 is 0 Å². The molecule has 0 aliphatic carbocycles. The first-order valence-electron chi connectivity index (χ1n) is 9.88. The third-order valence-electron chi connectivity index (χ3n) is 5.52. The predicted octanol–water partition coefficient (Wildman–Crippen LogP) is 4.15. The summed E-state index contributed by atoms with van der Waals surface area (Å²) in [5.41, 5.74) is 2.78. The minimum atomic E-state index is -0.663. The standard InChI is InChI=1S/C24H17N5O2S/c1-24(2,13-25)15-3-5-16(6-4-15)29-21-17(22(30)28-23(29)31)11-26-19-8-7-18(27-20(19)21)14-9-10-32-12-14/h3-12H,1-2H3,(H,28,30,31). The van der Waals surface area contributed by atoms with Crippen LogP contribution in [0.5, 0.6) is 0 Å². The van der Waals surface area contributed by atoms with Crippen LogP contribution in [0.2, 0.25) is 0 Å². The number of rotatable bonds is 3. The van der Waals surface area contributed by atoms with Crippen molar-refractivity contribution in [2.45, 2.75) is 19.3 Å². The van der Waals surface area contributed by atoms with Gasteiger partial charge in [0.15, 0.2) is 0 Å². The average Bonchev–Trinajstić information content (AvgIpc) is 3.34. The van der Waals surface area contributed by atoms with Gasteiger partial charge in [-0.3, -0.25) is 19.3 Å². The van der Waals surface area contributed by atoms with E-state index in [-0.39, 0.29) is 5.39 Å². The SMILES string of the molecule is CC(C)(C#N)c1ccc(-n2c(=O)[nH]c(=O)c3cnc4ccc(-c5ccsc5)nc4c32)cc1. The highest BCUT2D eigenvalue weighted by atomic mass is 32.1. The molecule has 0 aliphatic heterocycles. The Balaban J connectivity index is 1.84. The third-order valence-corrected chi connectivity index (χ3v) is 6.20. The summed E-state index contributed by atoms with van der Waals surface area (Å²) in [7, 11) is 0. The lowest BCUT2D eigenvalue weighted by molar-refractivity contribution is 0.686. The van der Waals surface area contributed by atoms with Crippen molar-refractivity contribution in [3.63, 3.8) is 0 Å². The van der Waals surface area contributed by atoms with Crippen molar-refractivity contribution >= 4 is 33.3 Å². The molecule has 0 amide bonds. The Kier molecular flexibility index (Phi) is 4.50. The Hall–Kier alpha value is -4.09. The van der Waals surface area contributed by atoms with Gasteiger partial charge in [0.2, 0.25) is 0 Å². The summed E-state index contributed by atoms with van der Waals surface area (Å²) in [6, 6.07) is 15.1. The van der Waals surface area contributed by atoms with Crippen LogP contribution < -0.4 is 11.2 Å². The van der Waals surface area contributed by atoms with Gasteiger partial charge in [0.1, 0.15) is 5.52 Å². The van der Waals surface area contributed by atoms with Gasteiger partial charge < -0.3 is 0 Å². The zero-order valence-electron chi connectivity index (χ0n) is 17.3. The third kappa shape index (κ3) is 3.11. The molecule has 1 aromatic carbocycles. The minimum absolute atomic E-state index is 0.272. The average molecular weight is 440 g/mol. The predicted molar refractivity (Wildman–Crippen MR) is 125 cm³/mol. The normalized spacial score (nSPS) is 11.7. The zero-order chi connectivity index (χ0) is 22.5. The van der Waals surface area contributed by atoms with E-state index in [0.717, 1.165) is 16.8 Å². The number of hydrogen-bond acceptors (Lipinski definition) is 6. The maximum Gasteiger partial charge on any atom is 0.333 e. The fourth-order valence-corrected chi connectivity index (χ4v) is 4.33. The molecule has 0 fully saturated rings. The van der Waals surface area contributed by atoms with Crippen LogP contribution in [0, 0.1) is 11.3 Å². The molecule has 4 aromatic heterocycles. The van der Waals surface area contributed by atoms with Crippen LogP contribution in [0.3, 0.4) is 0 Å². The quantitative estimate of drug-likeness (QED) is 0.425. The van der Waals surface area contributed by atoms with Crippen LogP contribution in [0.25, 0.3) is 38.9 Å². The molecule has 5 aromatic rings. The van der Waals surface area contributed by atoms with Gasteiger partial charge in [-0.15, -0.1) is 0 Å².